The normalized spacial score (nSPS) is 14.0. The number of benzene rings is 1. The molecule has 4 nitrogen and oxygen atoms in total. The largest absolute Gasteiger partial charge is 0.435 e. The molecule has 2 heterocycles. The van der Waals surface area contributed by atoms with Gasteiger partial charge >= 0.3 is 5.88 Å². The molecule has 2 aromatic rings. The van der Waals surface area contributed by atoms with Gasteiger partial charge in [-0.05, 0) is 10.7 Å². The molecule has 0 radical (unpaired) electrons. The average molecular weight is 188 g/mol. The Morgan fingerprint density at radius 3 is 2.93 bits per heavy atom. The first kappa shape index (κ1) is 7.55. The molecule has 0 unspecified atom stereocenters. The van der Waals surface area contributed by atoms with Crippen molar-refractivity contribution in [3.63, 3.8) is 0 Å². The number of nitrogens with two attached hydrogens (primary N) is 1. The summed E-state index contributed by atoms with van der Waals surface area (Å²) in [5.41, 5.74) is 5.84. The van der Waals surface area contributed by atoms with Gasteiger partial charge in [0.15, 0.2) is 12.4 Å². The van der Waals surface area contributed by atoms with E-state index in [9.17, 15) is 0 Å². The number of rotatable bonds is 0. The van der Waals surface area contributed by atoms with E-state index in [0.717, 1.165) is 23.2 Å². The van der Waals surface area contributed by atoms with E-state index in [1.807, 2.05) is 28.9 Å². The Balaban J connectivity index is 2.47. The molecule has 1 aliphatic heterocycles. The van der Waals surface area contributed by atoms with Gasteiger partial charge in [0.25, 0.3) is 0 Å². The number of hydrogen-bond donors (Lipinski definition) is 1. The van der Waals surface area contributed by atoms with Crippen LogP contribution in [0.5, 0.6) is 5.88 Å². The number of nitrogens with zero attached hydrogens (tertiary/aromatic N) is 2. The summed E-state index contributed by atoms with van der Waals surface area (Å²) in [6.07, 6.45) is 0. The molecule has 0 amide bonds. The topological polar surface area (TPSA) is 52.0 Å². The quantitative estimate of drug-likeness (QED) is 0.612. The first-order valence-corrected chi connectivity index (χ1v) is 4.57. The van der Waals surface area contributed by atoms with Crippen molar-refractivity contribution in [2.75, 3.05) is 12.3 Å². The molecular formula is C10H10N3O+. The highest BCUT2D eigenvalue weighted by Crippen LogP contribution is 2.26. The van der Waals surface area contributed by atoms with Gasteiger partial charge in [-0.2, -0.15) is 0 Å². The van der Waals surface area contributed by atoms with Crippen molar-refractivity contribution in [2.24, 2.45) is 0 Å². The molecule has 1 aromatic heterocycles. The number of aromatic nitrogens is 2. The molecule has 2 N–H and O–H groups in total. The van der Waals surface area contributed by atoms with Gasteiger partial charge in [0.2, 0.25) is 6.54 Å². The monoisotopic (exact) mass is 188 g/mol. The maximum absolute atomic E-state index is 5.84. The molecule has 0 saturated heterocycles. The number of fused-ring (bicyclic) bond motifs is 3. The Labute approximate surface area is 80.9 Å². The van der Waals surface area contributed by atoms with Gasteiger partial charge in [0.05, 0.1) is 0 Å². The lowest BCUT2D eigenvalue weighted by Crippen LogP contribution is -2.35. The second kappa shape index (κ2) is 2.57. The summed E-state index contributed by atoms with van der Waals surface area (Å²) in [7, 11) is 0. The van der Waals surface area contributed by atoms with E-state index >= 15 is 0 Å². The van der Waals surface area contributed by atoms with Crippen LogP contribution in [0.25, 0.3) is 10.8 Å². The smallest absolute Gasteiger partial charge is 0.402 e. The first-order chi connectivity index (χ1) is 6.86. The average Bonchev–Trinajstić information content (AvgIpc) is 2.66. The third-order valence-electron chi connectivity index (χ3n) is 2.44. The van der Waals surface area contributed by atoms with Gasteiger partial charge in [-0.25, -0.2) is 0 Å². The van der Waals surface area contributed by atoms with Crippen LogP contribution in [0.3, 0.4) is 0 Å². The minimum Gasteiger partial charge on any atom is -0.435 e. The van der Waals surface area contributed by atoms with Crippen molar-refractivity contribution in [3.05, 3.63) is 24.3 Å². The van der Waals surface area contributed by atoms with Crippen molar-refractivity contribution in [2.45, 2.75) is 6.54 Å². The van der Waals surface area contributed by atoms with E-state index in [2.05, 4.69) is 5.10 Å². The summed E-state index contributed by atoms with van der Waals surface area (Å²) >= 11 is 0. The molecule has 1 aromatic carbocycles. The summed E-state index contributed by atoms with van der Waals surface area (Å²) in [5, 5.41) is 6.25. The molecule has 14 heavy (non-hydrogen) atoms. The number of nitrogen functional groups attached to an aromatic ring is 1. The fraction of sp³-hybridized carbons (Fsp3) is 0.200. The lowest BCUT2D eigenvalue weighted by molar-refractivity contribution is -0.735. The standard InChI is InChI=1S/C10H10N3O/c11-9-7-3-1-2-4-8(7)10-13(12-9)5-6-14-10/h1-4H,5-6H2,(H2,11,12)/q+1. The molecule has 3 rings (SSSR count). The van der Waals surface area contributed by atoms with Crippen LogP contribution in [0.4, 0.5) is 5.82 Å². The predicted molar refractivity (Wildman–Crippen MR) is 51.8 cm³/mol. The number of ether oxygens (including phenoxy) is 1. The molecule has 4 heteroatoms. The second-order valence-corrected chi connectivity index (χ2v) is 3.31. The van der Waals surface area contributed by atoms with Gasteiger partial charge in [0.1, 0.15) is 5.39 Å². The Morgan fingerprint density at radius 1 is 1.29 bits per heavy atom. The lowest BCUT2D eigenvalue weighted by Gasteiger charge is -1.99. The van der Waals surface area contributed by atoms with Gasteiger partial charge in [-0.15, -0.1) is 0 Å². The molecule has 0 fully saturated rings. The van der Waals surface area contributed by atoms with Crippen LogP contribution < -0.4 is 15.2 Å². The second-order valence-electron chi connectivity index (χ2n) is 3.31. The van der Waals surface area contributed by atoms with Crippen LogP contribution in [0.2, 0.25) is 0 Å². The highest BCUT2D eigenvalue weighted by Gasteiger charge is 2.26. The number of anilines is 1. The van der Waals surface area contributed by atoms with Crippen molar-refractivity contribution in [1.82, 2.24) is 5.10 Å². The van der Waals surface area contributed by atoms with Crippen molar-refractivity contribution in [3.8, 4) is 5.88 Å². The molecule has 0 aliphatic carbocycles. The maximum atomic E-state index is 5.84. The zero-order valence-corrected chi connectivity index (χ0v) is 7.60. The molecule has 0 spiro atoms. The van der Waals surface area contributed by atoms with Gasteiger partial charge < -0.3 is 10.5 Å². The SMILES string of the molecule is Nc1n[n+]2c(c3ccccc13)OCC2. The van der Waals surface area contributed by atoms with Crippen molar-refractivity contribution in [1.29, 1.82) is 0 Å². The lowest BCUT2D eigenvalue weighted by atomic mass is 10.2. The van der Waals surface area contributed by atoms with Crippen LogP contribution in [-0.2, 0) is 6.54 Å². The minimum atomic E-state index is 0.565. The van der Waals surface area contributed by atoms with E-state index in [4.69, 9.17) is 10.5 Å². The van der Waals surface area contributed by atoms with Gasteiger partial charge in [-0.1, -0.05) is 18.2 Å². The van der Waals surface area contributed by atoms with Crippen molar-refractivity contribution >= 4 is 16.6 Å². The molecule has 0 atom stereocenters. The summed E-state index contributed by atoms with van der Waals surface area (Å²) in [5.74, 6) is 1.39. The first-order valence-electron chi connectivity index (χ1n) is 4.57. The third-order valence-corrected chi connectivity index (χ3v) is 2.44. The highest BCUT2D eigenvalue weighted by atomic mass is 16.5. The van der Waals surface area contributed by atoms with E-state index in [0.29, 0.717) is 12.4 Å². The van der Waals surface area contributed by atoms with E-state index in [1.54, 1.807) is 0 Å². The van der Waals surface area contributed by atoms with Crippen LogP contribution in [0.15, 0.2) is 24.3 Å². The highest BCUT2D eigenvalue weighted by molar-refractivity contribution is 5.92. The predicted octanol–water partition coefficient (Wildman–Crippen LogP) is 0.497. The van der Waals surface area contributed by atoms with Crippen LogP contribution in [0, 0.1) is 0 Å². The van der Waals surface area contributed by atoms with Crippen LogP contribution in [-0.4, -0.2) is 11.7 Å². The third kappa shape index (κ3) is 0.878. The Morgan fingerprint density at radius 2 is 2.07 bits per heavy atom. The summed E-state index contributed by atoms with van der Waals surface area (Å²) in [6, 6.07) is 7.89. The van der Waals surface area contributed by atoms with Gasteiger partial charge in [-0.3, -0.25) is 0 Å². The maximum Gasteiger partial charge on any atom is 0.402 e. The van der Waals surface area contributed by atoms with Crippen molar-refractivity contribution < 1.29 is 9.42 Å². The fourth-order valence-electron chi connectivity index (χ4n) is 1.79. The summed E-state index contributed by atoms with van der Waals surface area (Å²) < 4.78 is 7.33. The zero-order chi connectivity index (χ0) is 9.54. The zero-order valence-electron chi connectivity index (χ0n) is 7.60. The molecule has 70 valence electrons. The molecule has 0 bridgehead atoms. The Hall–Kier alpha value is -1.84. The van der Waals surface area contributed by atoms with Crippen LogP contribution in [0.1, 0.15) is 0 Å². The van der Waals surface area contributed by atoms with E-state index in [1.165, 1.54) is 0 Å². The summed E-state index contributed by atoms with van der Waals surface area (Å²) in [6.45, 7) is 1.46. The number of hydrogen-bond acceptors (Lipinski definition) is 3. The van der Waals surface area contributed by atoms with E-state index < -0.39 is 0 Å². The Kier molecular flexibility index (Phi) is 1.39. The Bertz CT molecular complexity index is 510. The minimum absolute atomic E-state index is 0.565. The molecule has 1 aliphatic rings. The van der Waals surface area contributed by atoms with E-state index in [-0.39, 0.29) is 0 Å². The fourth-order valence-corrected chi connectivity index (χ4v) is 1.79. The van der Waals surface area contributed by atoms with Crippen LogP contribution >= 0.6 is 0 Å². The van der Waals surface area contributed by atoms with Gasteiger partial charge in [0, 0.05) is 10.5 Å². The molecule has 0 saturated carbocycles. The summed E-state index contributed by atoms with van der Waals surface area (Å²) in [4.78, 5) is 0. The molecular weight excluding hydrogens is 178 g/mol.